The van der Waals surface area contributed by atoms with Gasteiger partial charge in [-0.25, -0.2) is 4.98 Å². The molecule has 5 amide bonds. The zero-order valence-electron chi connectivity index (χ0n) is 30.3. The molecule has 0 radical (unpaired) electrons. The number of aromatic nitrogens is 3. The molecule has 4 N–H and O–H groups in total. The van der Waals surface area contributed by atoms with Crippen molar-refractivity contribution in [2.24, 2.45) is 5.92 Å². The number of rotatable bonds is 11. The number of nitrogens with zero attached hydrogens (tertiary/aromatic N) is 5. The Morgan fingerprint density at radius 1 is 0.926 bits per heavy atom. The Labute approximate surface area is 313 Å². The minimum atomic E-state index is -1.01. The summed E-state index contributed by atoms with van der Waals surface area (Å²) in [4.78, 5) is 72.0. The van der Waals surface area contributed by atoms with Crippen molar-refractivity contribution in [3.05, 3.63) is 83.2 Å². The number of anilines is 3. The fraction of sp³-hybridized carbons (Fsp3) is 0.425. The number of fused-ring (bicyclic) bond motifs is 2. The van der Waals surface area contributed by atoms with Crippen molar-refractivity contribution in [3.8, 4) is 0 Å². The van der Waals surface area contributed by atoms with Crippen LogP contribution in [0, 0.1) is 5.92 Å². The summed E-state index contributed by atoms with van der Waals surface area (Å²) in [6, 6.07) is 16.7. The van der Waals surface area contributed by atoms with Gasteiger partial charge in [0.05, 0.1) is 17.3 Å². The lowest BCUT2D eigenvalue weighted by molar-refractivity contribution is -0.136. The van der Waals surface area contributed by atoms with Gasteiger partial charge in [-0.15, -0.1) is 0 Å². The molecule has 14 heteroatoms. The maximum atomic E-state index is 13.4. The molecule has 3 atom stereocenters. The van der Waals surface area contributed by atoms with E-state index in [0.29, 0.717) is 12.2 Å². The van der Waals surface area contributed by atoms with Crippen LogP contribution in [-0.4, -0.2) is 80.2 Å². The first-order valence-corrected chi connectivity index (χ1v) is 19.1. The molecule has 4 aromatic rings. The monoisotopic (exact) mass is 731 g/mol. The summed E-state index contributed by atoms with van der Waals surface area (Å²) in [5.41, 5.74) is 4.98. The maximum absolute atomic E-state index is 13.4. The van der Waals surface area contributed by atoms with Crippen LogP contribution in [0.15, 0.2) is 60.8 Å². The molecule has 0 spiro atoms. The summed E-state index contributed by atoms with van der Waals surface area (Å²) in [6.07, 6.45) is 8.29. The molecule has 2 saturated heterocycles. The van der Waals surface area contributed by atoms with Crippen LogP contribution in [0.5, 0.6) is 0 Å². The number of carbonyl (C=O) groups is 5. The Morgan fingerprint density at radius 2 is 1.72 bits per heavy atom. The molecule has 1 aliphatic carbocycles. The lowest BCUT2D eigenvalue weighted by Gasteiger charge is -2.33. The average molecular weight is 732 g/mol. The first-order valence-electron chi connectivity index (χ1n) is 19.1. The van der Waals surface area contributed by atoms with Crippen LogP contribution in [0.4, 0.5) is 17.2 Å². The fourth-order valence-corrected chi connectivity index (χ4v) is 8.31. The number of amides is 5. The predicted molar refractivity (Wildman–Crippen MR) is 202 cm³/mol. The van der Waals surface area contributed by atoms with E-state index >= 15 is 0 Å². The Hall–Kier alpha value is -5.79. The van der Waals surface area contributed by atoms with Gasteiger partial charge in [0.25, 0.3) is 11.8 Å². The summed E-state index contributed by atoms with van der Waals surface area (Å²) >= 11 is 0. The standard InChI is InChI=1S/C40H45N9O5/c1-2-4-26-22-34(49-33(43-26)15-18-42-49)44-27-9-10-28(21-27)45-37(51)25-16-19-47(20-17-25)29-11-7-24(8-12-29)23-41-31-6-3-5-30-36(31)40(54)48(39(30)53)32-13-14-35(50)46-38(32)52/h3,5-8,11-12,15,18,22,25,27-28,32,41,44H,2,4,9-10,13-14,16-17,19-21,23H2,1H3,(H,45,51)(H,46,50,52)/t27-,28?,32?/m1/s1. The molecular weight excluding hydrogens is 686 g/mol. The predicted octanol–water partition coefficient (Wildman–Crippen LogP) is 4.06. The highest BCUT2D eigenvalue weighted by atomic mass is 16.2. The van der Waals surface area contributed by atoms with E-state index in [1.807, 2.05) is 22.7 Å². The van der Waals surface area contributed by atoms with Crippen molar-refractivity contribution in [2.75, 3.05) is 28.6 Å². The van der Waals surface area contributed by atoms with Crippen molar-refractivity contribution in [2.45, 2.75) is 89.4 Å². The zero-order valence-corrected chi connectivity index (χ0v) is 30.3. The van der Waals surface area contributed by atoms with Crippen molar-refractivity contribution >= 4 is 52.4 Å². The number of imide groups is 2. The van der Waals surface area contributed by atoms with Crippen LogP contribution in [0.25, 0.3) is 5.65 Å². The van der Waals surface area contributed by atoms with E-state index < -0.39 is 29.7 Å². The van der Waals surface area contributed by atoms with E-state index in [4.69, 9.17) is 4.98 Å². The highest BCUT2D eigenvalue weighted by Crippen LogP contribution is 2.33. The number of hydrogen-bond acceptors (Lipinski definition) is 10. The summed E-state index contributed by atoms with van der Waals surface area (Å²) in [5.74, 6) is -1.01. The van der Waals surface area contributed by atoms with Crippen LogP contribution in [0.1, 0.15) is 90.3 Å². The van der Waals surface area contributed by atoms with Crippen molar-refractivity contribution in [1.82, 2.24) is 30.1 Å². The van der Waals surface area contributed by atoms with Crippen molar-refractivity contribution in [3.63, 3.8) is 0 Å². The molecule has 8 rings (SSSR count). The minimum absolute atomic E-state index is 0.00895. The van der Waals surface area contributed by atoms with Gasteiger partial charge in [0.1, 0.15) is 11.9 Å². The van der Waals surface area contributed by atoms with Gasteiger partial charge < -0.3 is 20.9 Å². The van der Waals surface area contributed by atoms with Crippen LogP contribution < -0.4 is 26.2 Å². The van der Waals surface area contributed by atoms with E-state index in [9.17, 15) is 24.0 Å². The lowest BCUT2D eigenvalue weighted by Crippen LogP contribution is -2.54. The second-order valence-corrected chi connectivity index (χ2v) is 14.8. The Balaban J connectivity index is 0.809. The fourth-order valence-electron chi connectivity index (χ4n) is 8.31. The molecule has 280 valence electrons. The van der Waals surface area contributed by atoms with E-state index in [-0.39, 0.29) is 47.9 Å². The van der Waals surface area contributed by atoms with Gasteiger partial charge in [0, 0.05) is 73.3 Å². The van der Waals surface area contributed by atoms with Gasteiger partial charge in [-0.2, -0.15) is 9.61 Å². The third kappa shape index (κ3) is 6.99. The number of piperidine rings is 2. The molecule has 5 heterocycles. The average Bonchev–Trinajstić information content (AvgIpc) is 3.90. The van der Waals surface area contributed by atoms with E-state index in [1.54, 1.807) is 24.4 Å². The first kappa shape index (κ1) is 35.3. The Kier molecular flexibility index (Phi) is 9.74. The lowest BCUT2D eigenvalue weighted by atomic mass is 9.95. The number of carbonyl (C=O) groups excluding carboxylic acids is 5. The van der Waals surface area contributed by atoms with Crippen molar-refractivity contribution in [1.29, 1.82) is 0 Å². The minimum Gasteiger partial charge on any atom is -0.380 e. The number of nitrogens with one attached hydrogen (secondary N) is 4. The zero-order chi connectivity index (χ0) is 37.3. The molecular formula is C40H45N9O5. The second-order valence-electron chi connectivity index (χ2n) is 14.8. The quantitative estimate of drug-likeness (QED) is 0.165. The number of benzene rings is 2. The maximum Gasteiger partial charge on any atom is 0.264 e. The highest BCUT2D eigenvalue weighted by molar-refractivity contribution is 6.25. The largest absolute Gasteiger partial charge is 0.380 e. The van der Waals surface area contributed by atoms with E-state index in [1.165, 1.54) is 0 Å². The molecule has 1 saturated carbocycles. The topological polar surface area (TPSA) is 170 Å². The smallest absolute Gasteiger partial charge is 0.264 e. The summed E-state index contributed by atoms with van der Waals surface area (Å²) in [6.45, 7) is 4.16. The molecule has 2 unspecified atom stereocenters. The van der Waals surface area contributed by atoms with Gasteiger partial charge in [-0.05, 0) is 74.8 Å². The molecule has 14 nitrogen and oxygen atoms in total. The molecule has 2 aromatic heterocycles. The Morgan fingerprint density at radius 3 is 2.50 bits per heavy atom. The van der Waals surface area contributed by atoms with E-state index in [2.05, 4.69) is 56.4 Å². The molecule has 4 aliphatic rings. The number of aryl methyl sites for hydroxylation is 1. The molecule has 3 fully saturated rings. The van der Waals surface area contributed by atoms with Crippen LogP contribution in [-0.2, 0) is 27.3 Å². The van der Waals surface area contributed by atoms with Crippen molar-refractivity contribution < 1.29 is 24.0 Å². The van der Waals surface area contributed by atoms with Crippen LogP contribution >= 0.6 is 0 Å². The van der Waals surface area contributed by atoms with Gasteiger partial charge in [0.2, 0.25) is 17.7 Å². The normalized spacial score (nSPS) is 21.8. The van der Waals surface area contributed by atoms with E-state index in [0.717, 1.165) is 91.3 Å². The third-order valence-corrected chi connectivity index (χ3v) is 11.2. The number of hydrogen-bond donors (Lipinski definition) is 4. The van der Waals surface area contributed by atoms with Crippen LogP contribution in [0.2, 0.25) is 0 Å². The third-order valence-electron chi connectivity index (χ3n) is 11.2. The molecule has 2 aromatic carbocycles. The van der Waals surface area contributed by atoms with Gasteiger partial charge in [-0.1, -0.05) is 31.5 Å². The summed E-state index contributed by atoms with van der Waals surface area (Å²) in [5, 5.41) is 17.0. The Bertz CT molecular complexity index is 2110. The SMILES string of the molecule is CCCc1cc(N[C@@H]2CCC(NC(=O)C3CCN(c4ccc(CNc5cccc6c5C(=O)N(C5CCC(=O)NC5=O)C6=O)cc4)CC3)C2)n2nccc2n1. The van der Waals surface area contributed by atoms with Gasteiger partial charge >= 0.3 is 0 Å². The first-order chi connectivity index (χ1) is 26.2. The van der Waals surface area contributed by atoms with Gasteiger partial charge in [0.15, 0.2) is 5.65 Å². The summed E-state index contributed by atoms with van der Waals surface area (Å²) < 4.78 is 1.85. The van der Waals surface area contributed by atoms with Gasteiger partial charge in [-0.3, -0.25) is 34.2 Å². The molecule has 3 aliphatic heterocycles. The summed E-state index contributed by atoms with van der Waals surface area (Å²) in [7, 11) is 0. The highest BCUT2D eigenvalue weighted by Gasteiger charge is 2.45. The molecule has 0 bridgehead atoms. The molecule has 54 heavy (non-hydrogen) atoms. The van der Waals surface area contributed by atoms with Crippen LogP contribution in [0.3, 0.4) is 0 Å². The second kappa shape index (κ2) is 14.9.